The summed E-state index contributed by atoms with van der Waals surface area (Å²) in [5, 5.41) is 0.866. The molecule has 1 atom stereocenters. The second-order valence-corrected chi connectivity index (χ2v) is 5.99. The molecule has 7 heteroatoms. The zero-order valence-electron chi connectivity index (χ0n) is 10.0. The zero-order chi connectivity index (χ0) is 13.4. The van der Waals surface area contributed by atoms with Gasteiger partial charge in [0, 0.05) is 13.2 Å². The van der Waals surface area contributed by atoms with Crippen molar-refractivity contribution in [2.45, 2.75) is 6.04 Å². The fraction of sp³-hybridized carbons (Fsp3) is 0.250. The molecular formula is C12H10BrN3O2S. The first-order valence-corrected chi connectivity index (χ1v) is 7.24. The summed E-state index contributed by atoms with van der Waals surface area (Å²) in [5.41, 5.74) is 0.867. The number of nitrogens with zero attached hydrogens (tertiary/aromatic N) is 3. The van der Waals surface area contributed by atoms with Crippen molar-refractivity contribution in [3.8, 4) is 10.6 Å². The number of cyclic esters (lactones) is 1. The molecule has 0 spiro atoms. The Morgan fingerprint density at radius 1 is 1.53 bits per heavy atom. The second kappa shape index (κ2) is 4.90. The van der Waals surface area contributed by atoms with Crippen LogP contribution in [0.5, 0.6) is 0 Å². The molecule has 19 heavy (non-hydrogen) atoms. The van der Waals surface area contributed by atoms with Crippen molar-refractivity contribution in [1.82, 2.24) is 14.9 Å². The summed E-state index contributed by atoms with van der Waals surface area (Å²) in [5.74, 6) is 0. The number of hydrogen-bond acceptors (Lipinski definition) is 5. The van der Waals surface area contributed by atoms with Crippen molar-refractivity contribution in [2.24, 2.45) is 0 Å². The number of pyridine rings is 1. The van der Waals surface area contributed by atoms with Gasteiger partial charge in [-0.2, -0.15) is 0 Å². The van der Waals surface area contributed by atoms with Crippen LogP contribution in [0.1, 0.15) is 11.0 Å². The lowest BCUT2D eigenvalue weighted by Crippen LogP contribution is -2.22. The summed E-state index contributed by atoms with van der Waals surface area (Å²) < 4.78 is 5.79. The highest BCUT2D eigenvalue weighted by Crippen LogP contribution is 2.33. The van der Waals surface area contributed by atoms with Gasteiger partial charge in [-0.1, -0.05) is 6.07 Å². The van der Waals surface area contributed by atoms with Crippen LogP contribution in [0.15, 0.2) is 29.0 Å². The van der Waals surface area contributed by atoms with Gasteiger partial charge >= 0.3 is 6.09 Å². The summed E-state index contributed by atoms with van der Waals surface area (Å²) in [6.07, 6.45) is 1.48. The van der Waals surface area contributed by atoms with Crippen LogP contribution < -0.4 is 0 Å². The minimum atomic E-state index is -0.303. The molecule has 2 aromatic rings. The molecule has 0 N–H and O–H groups in total. The van der Waals surface area contributed by atoms with Crippen LogP contribution in [0.2, 0.25) is 0 Å². The SMILES string of the molecule is CN1C(=O)OC[C@H]1c1ncc(-c2cccc(Br)n2)s1. The van der Waals surface area contributed by atoms with Crippen molar-refractivity contribution < 1.29 is 9.53 Å². The van der Waals surface area contributed by atoms with E-state index < -0.39 is 0 Å². The first-order valence-electron chi connectivity index (χ1n) is 5.63. The highest BCUT2D eigenvalue weighted by atomic mass is 79.9. The average Bonchev–Trinajstić information content (AvgIpc) is 2.98. The number of hydrogen-bond donors (Lipinski definition) is 0. The van der Waals surface area contributed by atoms with E-state index in [1.54, 1.807) is 18.1 Å². The monoisotopic (exact) mass is 339 g/mol. The van der Waals surface area contributed by atoms with Crippen LogP contribution in [0, 0.1) is 0 Å². The number of aromatic nitrogens is 2. The molecule has 0 aromatic carbocycles. The number of likely N-dealkylation sites (N-methyl/N-ethyl adjacent to an activating group) is 1. The Morgan fingerprint density at radius 3 is 3.05 bits per heavy atom. The van der Waals surface area contributed by atoms with Gasteiger partial charge in [0.15, 0.2) is 0 Å². The molecule has 5 nitrogen and oxygen atoms in total. The first-order chi connectivity index (χ1) is 9.15. The van der Waals surface area contributed by atoms with E-state index in [2.05, 4.69) is 25.9 Å². The lowest BCUT2D eigenvalue weighted by atomic mass is 10.3. The molecular weight excluding hydrogens is 330 g/mol. The molecule has 1 aliphatic rings. The van der Waals surface area contributed by atoms with Crippen molar-refractivity contribution in [2.75, 3.05) is 13.7 Å². The van der Waals surface area contributed by atoms with Gasteiger partial charge < -0.3 is 4.74 Å². The number of carbonyl (C=O) groups excluding carboxylic acids is 1. The van der Waals surface area contributed by atoms with E-state index in [0.29, 0.717) is 6.61 Å². The predicted octanol–water partition coefficient (Wildman–Crippen LogP) is 3.09. The number of thiazole rings is 1. The van der Waals surface area contributed by atoms with Gasteiger partial charge in [0.2, 0.25) is 0 Å². The Balaban J connectivity index is 1.90. The first kappa shape index (κ1) is 12.6. The topological polar surface area (TPSA) is 55.3 Å². The highest BCUT2D eigenvalue weighted by molar-refractivity contribution is 9.10. The van der Waals surface area contributed by atoms with Crippen LogP contribution in [-0.2, 0) is 4.74 Å². The van der Waals surface area contributed by atoms with Gasteiger partial charge in [-0.25, -0.2) is 14.8 Å². The van der Waals surface area contributed by atoms with Crippen LogP contribution in [-0.4, -0.2) is 34.6 Å². The fourth-order valence-corrected chi connectivity index (χ4v) is 3.19. The standard InChI is InChI=1S/C12H10BrN3O2S/c1-16-8(6-18-12(16)17)11-14-5-9(19-11)7-3-2-4-10(13)15-7/h2-5,8H,6H2,1H3/t8-/m0/s1. The van der Waals surface area contributed by atoms with Gasteiger partial charge in [0.05, 0.1) is 10.6 Å². The zero-order valence-corrected chi connectivity index (χ0v) is 12.4. The molecule has 3 heterocycles. The van der Waals surface area contributed by atoms with Crippen LogP contribution in [0.25, 0.3) is 10.6 Å². The number of rotatable bonds is 2. The van der Waals surface area contributed by atoms with E-state index in [9.17, 15) is 4.79 Å². The van der Waals surface area contributed by atoms with Gasteiger partial charge in [-0.05, 0) is 28.1 Å². The Kier molecular flexibility index (Phi) is 3.24. The van der Waals surface area contributed by atoms with E-state index in [1.165, 1.54) is 11.3 Å². The number of ether oxygens (including phenoxy) is 1. The molecule has 0 saturated carbocycles. The molecule has 0 unspecified atom stereocenters. The van der Waals surface area contributed by atoms with E-state index in [0.717, 1.165) is 20.2 Å². The van der Waals surface area contributed by atoms with E-state index in [4.69, 9.17) is 4.74 Å². The summed E-state index contributed by atoms with van der Waals surface area (Å²) in [6.45, 7) is 0.355. The molecule has 1 saturated heterocycles. The molecule has 1 aliphatic heterocycles. The van der Waals surface area contributed by atoms with Crippen LogP contribution >= 0.6 is 27.3 Å². The minimum absolute atomic E-state index is 0.0987. The predicted molar refractivity (Wildman–Crippen MR) is 74.9 cm³/mol. The lowest BCUT2D eigenvalue weighted by molar-refractivity contribution is 0.163. The third kappa shape index (κ3) is 2.35. The maximum absolute atomic E-state index is 11.3. The van der Waals surface area contributed by atoms with Crippen molar-refractivity contribution in [1.29, 1.82) is 0 Å². The van der Waals surface area contributed by atoms with Crippen molar-refractivity contribution in [3.05, 3.63) is 34.0 Å². The smallest absolute Gasteiger partial charge is 0.410 e. The maximum atomic E-state index is 11.3. The Labute approximate surface area is 122 Å². The Morgan fingerprint density at radius 2 is 2.37 bits per heavy atom. The van der Waals surface area contributed by atoms with Crippen molar-refractivity contribution in [3.63, 3.8) is 0 Å². The molecule has 1 amide bonds. The third-order valence-electron chi connectivity index (χ3n) is 2.90. The van der Waals surface area contributed by atoms with E-state index >= 15 is 0 Å². The summed E-state index contributed by atoms with van der Waals surface area (Å²) >= 11 is 4.88. The summed E-state index contributed by atoms with van der Waals surface area (Å²) in [7, 11) is 1.72. The largest absolute Gasteiger partial charge is 0.447 e. The fourth-order valence-electron chi connectivity index (χ4n) is 1.83. The quantitative estimate of drug-likeness (QED) is 0.789. The van der Waals surface area contributed by atoms with Crippen LogP contribution in [0.3, 0.4) is 0 Å². The normalized spacial score (nSPS) is 18.7. The molecule has 1 fully saturated rings. The number of halogens is 1. The summed E-state index contributed by atoms with van der Waals surface area (Å²) in [6, 6.07) is 5.64. The second-order valence-electron chi connectivity index (χ2n) is 4.11. The molecule has 3 rings (SSSR count). The van der Waals surface area contributed by atoms with Gasteiger partial charge in [-0.15, -0.1) is 11.3 Å². The molecule has 2 aromatic heterocycles. The van der Waals surface area contributed by atoms with Gasteiger partial charge in [-0.3, -0.25) is 4.90 Å². The minimum Gasteiger partial charge on any atom is -0.447 e. The summed E-state index contributed by atoms with van der Waals surface area (Å²) in [4.78, 5) is 22.7. The van der Waals surface area contributed by atoms with Gasteiger partial charge in [0.1, 0.15) is 22.3 Å². The number of amides is 1. The van der Waals surface area contributed by atoms with Gasteiger partial charge in [0.25, 0.3) is 0 Å². The van der Waals surface area contributed by atoms with Crippen molar-refractivity contribution >= 4 is 33.4 Å². The number of carbonyl (C=O) groups is 1. The maximum Gasteiger partial charge on any atom is 0.410 e. The van der Waals surface area contributed by atoms with E-state index in [-0.39, 0.29) is 12.1 Å². The molecule has 0 radical (unpaired) electrons. The third-order valence-corrected chi connectivity index (χ3v) is 4.46. The molecule has 0 aliphatic carbocycles. The average molecular weight is 340 g/mol. The Bertz CT molecular complexity index is 631. The van der Waals surface area contributed by atoms with E-state index in [1.807, 2.05) is 18.2 Å². The molecule has 98 valence electrons. The van der Waals surface area contributed by atoms with Crippen LogP contribution in [0.4, 0.5) is 4.79 Å². The Hall–Kier alpha value is -1.47. The molecule has 0 bridgehead atoms. The highest BCUT2D eigenvalue weighted by Gasteiger charge is 2.33. The lowest BCUT2D eigenvalue weighted by Gasteiger charge is -2.12.